The third-order valence-electron chi connectivity index (χ3n) is 5.73. The van der Waals surface area contributed by atoms with E-state index in [0.29, 0.717) is 29.1 Å². The molecule has 32 heavy (non-hydrogen) atoms. The number of aromatic hydroxyl groups is 1. The number of aromatic nitrogens is 1. The van der Waals surface area contributed by atoms with Gasteiger partial charge in [-0.1, -0.05) is 35.9 Å². The van der Waals surface area contributed by atoms with E-state index < -0.39 is 11.6 Å². The average molecular weight is 451 g/mol. The second-order valence-electron chi connectivity index (χ2n) is 7.71. The van der Waals surface area contributed by atoms with Gasteiger partial charge in [-0.2, -0.15) is 0 Å². The summed E-state index contributed by atoms with van der Waals surface area (Å²) in [5, 5.41) is 11.4. The molecule has 5 rings (SSSR count). The van der Waals surface area contributed by atoms with Crippen molar-refractivity contribution in [3.63, 3.8) is 0 Å². The third-order valence-corrected chi connectivity index (χ3v) is 6.05. The minimum atomic E-state index is -0.515. The molecule has 1 fully saturated rings. The van der Waals surface area contributed by atoms with Crippen LogP contribution in [0.15, 0.2) is 60.7 Å². The maximum Gasteiger partial charge on any atom is 0.200 e. The molecule has 0 atom stereocenters. The summed E-state index contributed by atoms with van der Waals surface area (Å²) in [4.78, 5) is 18.1. The van der Waals surface area contributed by atoms with Gasteiger partial charge in [-0.05, 0) is 42.0 Å². The maximum absolute atomic E-state index is 13.6. The van der Waals surface area contributed by atoms with Gasteiger partial charge in [-0.15, -0.1) is 0 Å². The number of nitrogens with one attached hydrogen (secondary N) is 1. The number of H-pyrrole nitrogens is 1. The van der Waals surface area contributed by atoms with Gasteiger partial charge in [0.1, 0.15) is 5.82 Å². The zero-order valence-electron chi connectivity index (χ0n) is 17.1. The number of carbonyl (C=O) groups excluding carboxylic acids is 1. The number of ketones is 1. The van der Waals surface area contributed by atoms with Crippen molar-refractivity contribution >= 4 is 34.0 Å². The Morgan fingerprint density at radius 1 is 1.06 bits per heavy atom. The first-order valence-electron chi connectivity index (χ1n) is 10.3. The second-order valence-corrected chi connectivity index (χ2v) is 8.12. The van der Waals surface area contributed by atoms with Crippen molar-refractivity contribution in [2.75, 3.05) is 31.2 Å². The number of rotatable bonds is 4. The zero-order valence-corrected chi connectivity index (χ0v) is 17.8. The van der Waals surface area contributed by atoms with E-state index in [2.05, 4.69) is 9.88 Å². The average Bonchev–Trinajstić information content (AvgIpc) is 3.13. The van der Waals surface area contributed by atoms with Crippen molar-refractivity contribution in [2.45, 2.75) is 0 Å². The van der Waals surface area contributed by atoms with Crippen molar-refractivity contribution in [3.8, 4) is 17.0 Å². The Labute approximate surface area is 189 Å². The molecule has 0 unspecified atom stereocenters. The molecule has 2 heterocycles. The van der Waals surface area contributed by atoms with Gasteiger partial charge in [0.2, 0.25) is 5.88 Å². The molecule has 0 radical (unpaired) electrons. The Kier molecular flexibility index (Phi) is 5.33. The predicted molar refractivity (Wildman–Crippen MR) is 123 cm³/mol. The summed E-state index contributed by atoms with van der Waals surface area (Å²) in [7, 11) is 0. The molecule has 5 nitrogen and oxygen atoms in total. The number of fused-ring (bicyclic) bond motifs is 1. The number of hydrogen-bond donors (Lipinski definition) is 2. The normalized spacial score (nSPS) is 14.1. The summed E-state index contributed by atoms with van der Waals surface area (Å²) in [6, 6.07) is 16.9. The van der Waals surface area contributed by atoms with Gasteiger partial charge in [0.25, 0.3) is 0 Å². The number of hydrogen-bond acceptors (Lipinski definition) is 4. The highest BCUT2D eigenvalue weighted by atomic mass is 35.5. The van der Waals surface area contributed by atoms with Gasteiger partial charge in [0.05, 0.1) is 29.3 Å². The molecular formula is C25H20ClFN2O3. The summed E-state index contributed by atoms with van der Waals surface area (Å²) in [5.74, 6) is -1.26. The van der Waals surface area contributed by atoms with Crippen molar-refractivity contribution in [1.82, 2.24) is 4.98 Å². The number of anilines is 1. The standard InChI is InChI=1S/C25H20ClFN2O3/c26-21-14-22-20(23(25(31)28-22)24(30)16-2-1-3-17(27)12-16)13-19(21)15-4-6-18(7-5-15)29-8-10-32-11-9-29/h1-7,12-14,28,31H,8-11H2. The van der Waals surface area contributed by atoms with Crippen LogP contribution in [0, 0.1) is 5.82 Å². The van der Waals surface area contributed by atoms with Gasteiger partial charge < -0.3 is 19.7 Å². The van der Waals surface area contributed by atoms with E-state index in [9.17, 15) is 14.3 Å². The van der Waals surface area contributed by atoms with Crippen molar-refractivity contribution in [1.29, 1.82) is 0 Å². The molecule has 4 aromatic rings. The highest BCUT2D eigenvalue weighted by Gasteiger charge is 2.22. The fraction of sp³-hybridized carbons (Fsp3) is 0.160. The first kappa shape index (κ1) is 20.5. The summed E-state index contributed by atoms with van der Waals surface area (Å²) >= 11 is 6.54. The summed E-state index contributed by atoms with van der Waals surface area (Å²) in [6.07, 6.45) is 0. The largest absolute Gasteiger partial charge is 0.494 e. The number of nitrogens with zero attached hydrogens (tertiary/aromatic N) is 1. The van der Waals surface area contributed by atoms with E-state index in [4.69, 9.17) is 16.3 Å². The number of carbonyl (C=O) groups is 1. The Morgan fingerprint density at radius 2 is 1.81 bits per heavy atom. The predicted octanol–water partition coefficient (Wildman–Crippen LogP) is 5.40. The molecule has 162 valence electrons. The smallest absolute Gasteiger partial charge is 0.200 e. The number of halogens is 2. The van der Waals surface area contributed by atoms with Gasteiger partial charge in [0.15, 0.2) is 5.78 Å². The maximum atomic E-state index is 13.6. The zero-order chi connectivity index (χ0) is 22.2. The van der Waals surface area contributed by atoms with Gasteiger partial charge in [-0.3, -0.25) is 4.79 Å². The third kappa shape index (κ3) is 3.72. The SMILES string of the molecule is O=C(c1cccc(F)c1)c1c(O)[nH]c2cc(Cl)c(-c3ccc(N4CCOCC4)cc3)cc12. The quantitative estimate of drug-likeness (QED) is 0.408. The van der Waals surface area contributed by atoms with E-state index in [1.807, 2.05) is 24.3 Å². The monoisotopic (exact) mass is 450 g/mol. The minimum Gasteiger partial charge on any atom is -0.494 e. The lowest BCUT2D eigenvalue weighted by molar-refractivity contribution is 0.103. The van der Waals surface area contributed by atoms with E-state index in [1.54, 1.807) is 12.1 Å². The van der Waals surface area contributed by atoms with Crippen molar-refractivity contribution < 1.29 is 19.0 Å². The first-order chi connectivity index (χ1) is 15.5. The van der Waals surface area contributed by atoms with Crippen molar-refractivity contribution in [2.24, 2.45) is 0 Å². The second kappa shape index (κ2) is 8.30. The molecule has 3 aromatic carbocycles. The molecule has 1 aromatic heterocycles. The summed E-state index contributed by atoms with van der Waals surface area (Å²) in [5.41, 5.74) is 3.51. The highest BCUT2D eigenvalue weighted by molar-refractivity contribution is 6.34. The van der Waals surface area contributed by atoms with Crippen LogP contribution in [0.2, 0.25) is 5.02 Å². The Morgan fingerprint density at radius 3 is 2.53 bits per heavy atom. The lowest BCUT2D eigenvalue weighted by Gasteiger charge is -2.29. The van der Waals surface area contributed by atoms with Crippen LogP contribution in [-0.4, -0.2) is 42.2 Å². The number of benzene rings is 3. The Hall–Kier alpha value is -3.35. The van der Waals surface area contributed by atoms with E-state index in [-0.39, 0.29) is 17.0 Å². The molecule has 0 spiro atoms. The molecular weight excluding hydrogens is 431 g/mol. The van der Waals surface area contributed by atoms with E-state index in [0.717, 1.165) is 36.0 Å². The molecule has 7 heteroatoms. The molecule has 1 aliphatic rings. The topological polar surface area (TPSA) is 65.6 Å². The number of aromatic amines is 1. The minimum absolute atomic E-state index is 0.0912. The van der Waals surface area contributed by atoms with Gasteiger partial charge in [-0.25, -0.2) is 4.39 Å². The first-order valence-corrected chi connectivity index (χ1v) is 10.7. The molecule has 1 saturated heterocycles. The van der Waals surface area contributed by atoms with Crippen LogP contribution in [-0.2, 0) is 4.74 Å². The fourth-order valence-corrected chi connectivity index (χ4v) is 4.37. The lowest BCUT2D eigenvalue weighted by Crippen LogP contribution is -2.36. The van der Waals surface area contributed by atoms with Gasteiger partial charge in [0, 0.05) is 35.3 Å². The molecule has 0 amide bonds. The Bertz CT molecular complexity index is 1310. The van der Waals surface area contributed by atoms with Crippen LogP contribution in [0.1, 0.15) is 15.9 Å². The highest BCUT2D eigenvalue weighted by Crippen LogP contribution is 2.37. The van der Waals surface area contributed by atoms with Crippen LogP contribution in [0.25, 0.3) is 22.0 Å². The van der Waals surface area contributed by atoms with Gasteiger partial charge >= 0.3 is 0 Å². The van der Waals surface area contributed by atoms with Crippen LogP contribution in [0.4, 0.5) is 10.1 Å². The fourth-order valence-electron chi connectivity index (χ4n) is 4.10. The number of ether oxygens (including phenoxy) is 1. The molecule has 2 N–H and O–H groups in total. The van der Waals surface area contributed by atoms with Crippen LogP contribution < -0.4 is 4.90 Å². The Balaban J connectivity index is 1.55. The van der Waals surface area contributed by atoms with E-state index in [1.165, 1.54) is 18.2 Å². The van der Waals surface area contributed by atoms with E-state index >= 15 is 0 Å². The van der Waals surface area contributed by atoms with Crippen molar-refractivity contribution in [3.05, 3.63) is 82.6 Å². The number of morpholine rings is 1. The molecule has 0 aliphatic carbocycles. The van der Waals surface area contributed by atoms with Crippen LogP contribution >= 0.6 is 11.6 Å². The molecule has 1 aliphatic heterocycles. The van der Waals surface area contributed by atoms with Crippen LogP contribution in [0.3, 0.4) is 0 Å². The molecule has 0 saturated carbocycles. The summed E-state index contributed by atoms with van der Waals surface area (Å²) < 4.78 is 19.0. The summed E-state index contributed by atoms with van der Waals surface area (Å²) in [6.45, 7) is 3.12. The molecule has 0 bridgehead atoms. The lowest BCUT2D eigenvalue weighted by atomic mass is 9.98. The van der Waals surface area contributed by atoms with Crippen LogP contribution in [0.5, 0.6) is 5.88 Å².